The first-order valence-electron chi connectivity index (χ1n) is 5.81. The van der Waals surface area contributed by atoms with Crippen molar-refractivity contribution in [3.05, 3.63) is 50.2 Å². The molecule has 0 saturated heterocycles. The first-order chi connectivity index (χ1) is 9.88. The van der Waals surface area contributed by atoms with Gasteiger partial charge in [-0.05, 0) is 25.1 Å². The number of benzene rings is 1. The summed E-state index contributed by atoms with van der Waals surface area (Å²) in [6.07, 6.45) is 0. The lowest BCUT2D eigenvalue weighted by molar-refractivity contribution is 0.0701. The number of nitrogens with zero attached hydrogens (tertiary/aromatic N) is 1. The predicted octanol–water partition coefficient (Wildman–Crippen LogP) is 2.87. The third-order valence-corrected chi connectivity index (χ3v) is 4.07. The lowest BCUT2D eigenvalue weighted by Crippen LogP contribution is -2.22. The molecule has 1 heterocycles. The van der Waals surface area contributed by atoms with Crippen LogP contribution in [0.3, 0.4) is 0 Å². The lowest BCUT2D eigenvalue weighted by atomic mass is 10.2. The fourth-order valence-corrected chi connectivity index (χ4v) is 2.58. The van der Waals surface area contributed by atoms with Gasteiger partial charge < -0.3 is 10.4 Å². The molecule has 8 heteroatoms. The number of carbonyl (C=O) groups is 2. The van der Waals surface area contributed by atoms with E-state index in [1.54, 1.807) is 6.92 Å². The topological polar surface area (TPSA) is 79.3 Å². The Kier molecular flexibility index (Phi) is 4.54. The monoisotopic (exact) mass is 328 g/mol. The number of carboxylic acid groups (broad SMARTS) is 1. The molecule has 2 aromatic rings. The second-order valence-electron chi connectivity index (χ2n) is 4.14. The molecule has 110 valence electrons. The van der Waals surface area contributed by atoms with E-state index < -0.39 is 17.7 Å². The smallest absolute Gasteiger partial charge is 0.347 e. The number of rotatable bonds is 4. The number of aromatic nitrogens is 1. The van der Waals surface area contributed by atoms with Crippen molar-refractivity contribution in [1.82, 2.24) is 10.3 Å². The maximum absolute atomic E-state index is 13.3. The fraction of sp³-hybridized carbons (Fsp3) is 0.154. The van der Waals surface area contributed by atoms with Gasteiger partial charge in [0.05, 0.1) is 17.3 Å². The van der Waals surface area contributed by atoms with Gasteiger partial charge in [0.15, 0.2) is 0 Å². The first-order valence-corrected chi connectivity index (χ1v) is 7.00. The van der Waals surface area contributed by atoms with Crippen molar-refractivity contribution in [1.29, 1.82) is 0 Å². The molecule has 0 fully saturated rings. The molecule has 0 spiro atoms. The number of aromatic carboxylic acids is 1. The quantitative estimate of drug-likeness (QED) is 0.904. The van der Waals surface area contributed by atoms with Gasteiger partial charge in [0.25, 0.3) is 5.91 Å². The van der Waals surface area contributed by atoms with Crippen molar-refractivity contribution in [2.75, 3.05) is 0 Å². The summed E-state index contributed by atoms with van der Waals surface area (Å²) in [6, 6.07) is 3.73. The van der Waals surface area contributed by atoms with Gasteiger partial charge >= 0.3 is 5.97 Å². The average Bonchev–Trinajstić information content (AvgIpc) is 2.80. The molecule has 1 aromatic carbocycles. The first kappa shape index (κ1) is 15.4. The Labute approximate surface area is 128 Å². The molecule has 1 amide bonds. The van der Waals surface area contributed by atoms with Crippen LogP contribution in [0.4, 0.5) is 4.39 Å². The number of amides is 1. The Hall–Kier alpha value is -1.99. The van der Waals surface area contributed by atoms with Crippen LogP contribution in [0.1, 0.15) is 30.7 Å². The maximum atomic E-state index is 13.3. The summed E-state index contributed by atoms with van der Waals surface area (Å²) in [7, 11) is 0. The van der Waals surface area contributed by atoms with E-state index >= 15 is 0 Å². The normalized spacial score (nSPS) is 10.4. The van der Waals surface area contributed by atoms with Crippen LogP contribution in [-0.2, 0) is 6.54 Å². The third-order valence-electron chi connectivity index (χ3n) is 2.62. The zero-order valence-electron chi connectivity index (χ0n) is 10.8. The largest absolute Gasteiger partial charge is 0.477 e. The number of hydrogen-bond acceptors (Lipinski definition) is 4. The molecule has 1 aromatic heterocycles. The molecule has 5 nitrogen and oxygen atoms in total. The van der Waals surface area contributed by atoms with E-state index in [1.807, 2.05) is 0 Å². The van der Waals surface area contributed by atoms with Crippen molar-refractivity contribution in [3.63, 3.8) is 0 Å². The van der Waals surface area contributed by atoms with Gasteiger partial charge in [-0.25, -0.2) is 14.2 Å². The van der Waals surface area contributed by atoms with Crippen LogP contribution < -0.4 is 5.32 Å². The van der Waals surface area contributed by atoms with Crippen LogP contribution in [-0.4, -0.2) is 22.0 Å². The lowest BCUT2D eigenvalue weighted by Gasteiger charge is -2.03. The SMILES string of the molecule is Cc1nc(CNC(=O)c2ccc(Cl)c(F)c2)sc1C(=O)O. The van der Waals surface area contributed by atoms with E-state index in [1.165, 1.54) is 12.1 Å². The summed E-state index contributed by atoms with van der Waals surface area (Å²) in [4.78, 5) is 26.9. The fourth-order valence-electron chi connectivity index (χ4n) is 1.62. The minimum Gasteiger partial charge on any atom is -0.477 e. The summed E-state index contributed by atoms with van der Waals surface area (Å²) < 4.78 is 13.3. The van der Waals surface area contributed by atoms with Crippen molar-refractivity contribution in [2.24, 2.45) is 0 Å². The van der Waals surface area contributed by atoms with Crippen LogP contribution >= 0.6 is 22.9 Å². The second kappa shape index (κ2) is 6.19. The number of thiazole rings is 1. The number of nitrogens with one attached hydrogen (secondary N) is 1. The van der Waals surface area contributed by atoms with Crippen molar-refractivity contribution in [2.45, 2.75) is 13.5 Å². The van der Waals surface area contributed by atoms with Crippen molar-refractivity contribution < 1.29 is 19.1 Å². The summed E-state index contributed by atoms with van der Waals surface area (Å²) in [5, 5.41) is 11.9. The van der Waals surface area contributed by atoms with E-state index in [0.717, 1.165) is 17.4 Å². The summed E-state index contributed by atoms with van der Waals surface area (Å²) in [5.41, 5.74) is 0.526. The summed E-state index contributed by atoms with van der Waals surface area (Å²) in [5.74, 6) is -2.22. The second-order valence-corrected chi connectivity index (χ2v) is 5.63. The van der Waals surface area contributed by atoms with E-state index in [9.17, 15) is 14.0 Å². The van der Waals surface area contributed by atoms with Crippen molar-refractivity contribution >= 4 is 34.8 Å². The number of hydrogen-bond donors (Lipinski definition) is 2. The molecule has 0 unspecified atom stereocenters. The highest BCUT2D eigenvalue weighted by Gasteiger charge is 2.15. The number of carboxylic acids is 1. The molecule has 0 aliphatic heterocycles. The van der Waals surface area contributed by atoms with Gasteiger partial charge in [0.1, 0.15) is 15.7 Å². The summed E-state index contributed by atoms with van der Waals surface area (Å²) >= 11 is 6.53. The molecule has 0 atom stereocenters. The molecule has 0 aliphatic rings. The number of carbonyl (C=O) groups excluding carboxylic acids is 1. The Bertz CT molecular complexity index is 717. The third kappa shape index (κ3) is 3.56. The molecular formula is C13H10ClFN2O3S. The molecule has 0 radical (unpaired) electrons. The van der Waals surface area contributed by atoms with Gasteiger partial charge in [-0.2, -0.15) is 0 Å². The Balaban J connectivity index is 2.05. The molecule has 21 heavy (non-hydrogen) atoms. The highest BCUT2D eigenvalue weighted by molar-refractivity contribution is 7.13. The van der Waals surface area contributed by atoms with Crippen LogP contribution in [0, 0.1) is 12.7 Å². The highest BCUT2D eigenvalue weighted by atomic mass is 35.5. The molecule has 2 N–H and O–H groups in total. The molecular weight excluding hydrogens is 319 g/mol. The van der Waals surface area contributed by atoms with Crippen LogP contribution in [0.5, 0.6) is 0 Å². The molecule has 0 bridgehead atoms. The van der Waals surface area contributed by atoms with E-state index in [4.69, 9.17) is 16.7 Å². The Morgan fingerprint density at radius 3 is 2.76 bits per heavy atom. The number of aryl methyl sites for hydroxylation is 1. The van der Waals surface area contributed by atoms with Crippen molar-refractivity contribution in [3.8, 4) is 0 Å². The molecule has 0 saturated carbocycles. The van der Waals surface area contributed by atoms with E-state index in [0.29, 0.717) is 10.7 Å². The Morgan fingerprint density at radius 1 is 1.48 bits per heavy atom. The zero-order chi connectivity index (χ0) is 15.6. The minimum absolute atomic E-state index is 0.0619. The number of halogens is 2. The van der Waals surface area contributed by atoms with Gasteiger partial charge in [-0.3, -0.25) is 4.79 Å². The minimum atomic E-state index is -1.05. The average molecular weight is 329 g/mol. The zero-order valence-corrected chi connectivity index (χ0v) is 12.4. The van der Waals surface area contributed by atoms with E-state index in [2.05, 4.69) is 10.3 Å². The molecule has 2 rings (SSSR count). The van der Waals surface area contributed by atoms with Crippen LogP contribution in [0.25, 0.3) is 0 Å². The maximum Gasteiger partial charge on any atom is 0.347 e. The van der Waals surface area contributed by atoms with Gasteiger partial charge in [-0.1, -0.05) is 11.6 Å². The van der Waals surface area contributed by atoms with Crippen LogP contribution in [0.15, 0.2) is 18.2 Å². The van der Waals surface area contributed by atoms with E-state index in [-0.39, 0.29) is 22.0 Å². The van der Waals surface area contributed by atoms with Crippen LogP contribution in [0.2, 0.25) is 5.02 Å². The summed E-state index contributed by atoms with van der Waals surface area (Å²) in [6.45, 7) is 1.65. The van der Waals surface area contributed by atoms with Gasteiger partial charge in [-0.15, -0.1) is 11.3 Å². The highest BCUT2D eigenvalue weighted by Crippen LogP contribution is 2.18. The standard InChI is InChI=1S/C13H10ClFN2O3S/c1-6-11(13(19)20)21-10(17-6)5-16-12(18)7-2-3-8(14)9(15)4-7/h2-4H,5H2,1H3,(H,16,18)(H,19,20). The predicted molar refractivity (Wildman–Crippen MR) is 76.4 cm³/mol. The van der Waals surface area contributed by atoms with Gasteiger partial charge in [0, 0.05) is 5.56 Å². The molecule has 0 aliphatic carbocycles. The van der Waals surface area contributed by atoms with Gasteiger partial charge in [0.2, 0.25) is 0 Å². The Morgan fingerprint density at radius 2 is 2.19 bits per heavy atom.